The second-order valence-electron chi connectivity index (χ2n) is 6.13. The third-order valence-corrected chi connectivity index (χ3v) is 4.49. The normalized spacial score (nSPS) is 17.9. The van der Waals surface area contributed by atoms with Crippen molar-refractivity contribution in [1.29, 1.82) is 5.26 Å². The maximum Gasteiger partial charge on any atom is 0.129 e. The summed E-state index contributed by atoms with van der Waals surface area (Å²) in [5.41, 5.74) is 0.668. The molecule has 0 aromatic carbocycles. The molecule has 120 valence electrons. The fourth-order valence-electron chi connectivity index (χ4n) is 3.26. The number of pyridine rings is 1. The van der Waals surface area contributed by atoms with Crippen molar-refractivity contribution in [3.63, 3.8) is 0 Å². The van der Waals surface area contributed by atoms with Crippen molar-refractivity contribution >= 4 is 5.82 Å². The highest BCUT2D eigenvalue weighted by atomic mass is 15.2. The molecule has 2 aromatic heterocycles. The average Bonchev–Trinajstić information content (AvgIpc) is 3.08. The van der Waals surface area contributed by atoms with Crippen LogP contribution < -0.4 is 4.90 Å². The van der Waals surface area contributed by atoms with E-state index >= 15 is 0 Å². The van der Waals surface area contributed by atoms with E-state index in [1.54, 1.807) is 12.3 Å². The first kappa shape index (κ1) is 15.5. The molecule has 0 N–H and O–H groups in total. The third kappa shape index (κ3) is 3.53. The first-order valence-electron chi connectivity index (χ1n) is 8.44. The number of piperidine rings is 1. The molecule has 23 heavy (non-hydrogen) atoms. The second kappa shape index (κ2) is 7.28. The van der Waals surface area contributed by atoms with E-state index in [0.717, 1.165) is 38.3 Å². The van der Waals surface area contributed by atoms with E-state index in [9.17, 15) is 0 Å². The molecule has 0 radical (unpaired) electrons. The number of rotatable bonds is 5. The van der Waals surface area contributed by atoms with Crippen LogP contribution in [0.4, 0.5) is 5.82 Å². The van der Waals surface area contributed by atoms with Crippen molar-refractivity contribution in [2.75, 3.05) is 18.0 Å². The van der Waals surface area contributed by atoms with E-state index in [2.05, 4.69) is 38.6 Å². The zero-order valence-electron chi connectivity index (χ0n) is 13.6. The van der Waals surface area contributed by atoms with Crippen molar-refractivity contribution in [3.05, 3.63) is 42.1 Å². The fraction of sp³-hybridized carbons (Fsp3) is 0.500. The van der Waals surface area contributed by atoms with Crippen LogP contribution in [0.1, 0.15) is 49.9 Å². The Labute approximate surface area is 137 Å². The van der Waals surface area contributed by atoms with Gasteiger partial charge in [-0.15, -0.1) is 0 Å². The van der Waals surface area contributed by atoms with Crippen LogP contribution >= 0.6 is 0 Å². The number of anilines is 1. The lowest BCUT2D eigenvalue weighted by molar-refractivity contribution is 0.464. The SMILES string of the molecule is CCCCn1ccnc1[C@H]1CCCN(c2cc(C#N)ccn2)C1. The van der Waals surface area contributed by atoms with Gasteiger partial charge in [0.1, 0.15) is 11.6 Å². The molecule has 0 bridgehead atoms. The summed E-state index contributed by atoms with van der Waals surface area (Å²) in [4.78, 5) is 11.4. The number of aryl methyl sites for hydroxylation is 1. The molecule has 0 amide bonds. The Morgan fingerprint density at radius 1 is 1.35 bits per heavy atom. The van der Waals surface area contributed by atoms with E-state index in [-0.39, 0.29) is 0 Å². The van der Waals surface area contributed by atoms with Crippen molar-refractivity contribution in [1.82, 2.24) is 14.5 Å². The first-order valence-corrected chi connectivity index (χ1v) is 8.44. The number of unbranched alkanes of at least 4 members (excludes halogenated alkanes) is 1. The lowest BCUT2D eigenvalue weighted by atomic mass is 9.97. The largest absolute Gasteiger partial charge is 0.356 e. The van der Waals surface area contributed by atoms with Gasteiger partial charge in [-0.25, -0.2) is 9.97 Å². The molecule has 1 aliphatic heterocycles. The Morgan fingerprint density at radius 3 is 3.09 bits per heavy atom. The molecule has 0 unspecified atom stereocenters. The third-order valence-electron chi connectivity index (χ3n) is 4.49. The smallest absolute Gasteiger partial charge is 0.129 e. The van der Waals surface area contributed by atoms with E-state index in [1.165, 1.54) is 18.7 Å². The first-order chi connectivity index (χ1) is 11.3. The van der Waals surface area contributed by atoms with E-state index < -0.39 is 0 Å². The van der Waals surface area contributed by atoms with Gasteiger partial charge in [0.25, 0.3) is 0 Å². The standard InChI is InChI=1S/C18H23N5/c1-2-3-9-22-11-8-21-18(22)16-5-4-10-23(14-16)17-12-15(13-19)6-7-20-17/h6-8,11-12,16H,2-5,9-10,14H2,1H3/t16-/m0/s1. The maximum absolute atomic E-state index is 9.07. The van der Waals surface area contributed by atoms with E-state index in [1.807, 2.05) is 12.3 Å². The molecule has 1 saturated heterocycles. The lowest BCUT2D eigenvalue weighted by Crippen LogP contribution is -2.36. The number of nitriles is 1. The number of hydrogen-bond donors (Lipinski definition) is 0. The Balaban J connectivity index is 1.76. The maximum atomic E-state index is 9.07. The summed E-state index contributed by atoms with van der Waals surface area (Å²) < 4.78 is 2.30. The van der Waals surface area contributed by atoms with Gasteiger partial charge in [0.15, 0.2) is 0 Å². The Morgan fingerprint density at radius 2 is 2.26 bits per heavy atom. The molecule has 0 aliphatic carbocycles. The van der Waals surface area contributed by atoms with Gasteiger partial charge in [-0.3, -0.25) is 0 Å². The Hall–Kier alpha value is -2.35. The van der Waals surface area contributed by atoms with Crippen LogP contribution in [0.25, 0.3) is 0 Å². The fourth-order valence-corrected chi connectivity index (χ4v) is 3.26. The van der Waals surface area contributed by atoms with Crippen LogP contribution in [0.5, 0.6) is 0 Å². The second-order valence-corrected chi connectivity index (χ2v) is 6.13. The summed E-state index contributed by atoms with van der Waals surface area (Å²) in [6, 6.07) is 5.83. The van der Waals surface area contributed by atoms with Gasteiger partial charge < -0.3 is 9.47 Å². The van der Waals surface area contributed by atoms with E-state index in [0.29, 0.717) is 11.5 Å². The minimum atomic E-state index is 0.433. The zero-order valence-corrected chi connectivity index (χ0v) is 13.6. The minimum absolute atomic E-state index is 0.433. The van der Waals surface area contributed by atoms with Gasteiger partial charge in [-0.05, 0) is 31.4 Å². The molecule has 0 saturated carbocycles. The van der Waals surface area contributed by atoms with Gasteiger partial charge in [0.2, 0.25) is 0 Å². The molecule has 2 aromatic rings. The highest BCUT2D eigenvalue weighted by Crippen LogP contribution is 2.28. The summed E-state index contributed by atoms with van der Waals surface area (Å²) >= 11 is 0. The summed E-state index contributed by atoms with van der Waals surface area (Å²) in [5, 5.41) is 9.07. The quantitative estimate of drug-likeness (QED) is 0.850. The molecule has 3 rings (SSSR count). The average molecular weight is 309 g/mol. The van der Waals surface area contributed by atoms with Crippen LogP contribution in [0.2, 0.25) is 0 Å². The predicted octanol–water partition coefficient (Wildman–Crippen LogP) is 3.33. The molecular formula is C18H23N5. The summed E-state index contributed by atoms with van der Waals surface area (Å²) in [6.45, 7) is 5.18. The van der Waals surface area contributed by atoms with Crippen LogP contribution in [0.15, 0.2) is 30.7 Å². The van der Waals surface area contributed by atoms with Crippen molar-refractivity contribution in [3.8, 4) is 6.07 Å². The van der Waals surface area contributed by atoms with Crippen molar-refractivity contribution in [2.45, 2.75) is 45.1 Å². The molecule has 5 nitrogen and oxygen atoms in total. The van der Waals surface area contributed by atoms with Crippen LogP contribution in [-0.2, 0) is 6.54 Å². The molecular weight excluding hydrogens is 286 g/mol. The highest BCUT2D eigenvalue weighted by Gasteiger charge is 2.25. The monoisotopic (exact) mass is 309 g/mol. The molecule has 0 spiro atoms. The Kier molecular flexibility index (Phi) is 4.92. The molecule has 5 heteroatoms. The van der Waals surface area contributed by atoms with Gasteiger partial charge in [-0.2, -0.15) is 5.26 Å². The van der Waals surface area contributed by atoms with Gasteiger partial charge in [-0.1, -0.05) is 13.3 Å². The molecule has 1 aliphatic rings. The summed E-state index contributed by atoms with van der Waals surface area (Å²) in [6.07, 6.45) is 10.4. The number of hydrogen-bond acceptors (Lipinski definition) is 4. The predicted molar refractivity (Wildman–Crippen MR) is 90.3 cm³/mol. The van der Waals surface area contributed by atoms with Gasteiger partial charge >= 0.3 is 0 Å². The lowest BCUT2D eigenvalue weighted by Gasteiger charge is -2.33. The number of nitrogens with zero attached hydrogens (tertiary/aromatic N) is 5. The van der Waals surface area contributed by atoms with Gasteiger partial charge in [0, 0.05) is 44.1 Å². The van der Waals surface area contributed by atoms with E-state index in [4.69, 9.17) is 5.26 Å². The molecule has 1 fully saturated rings. The number of aromatic nitrogens is 3. The van der Waals surface area contributed by atoms with Crippen LogP contribution in [0, 0.1) is 11.3 Å². The van der Waals surface area contributed by atoms with Crippen molar-refractivity contribution < 1.29 is 0 Å². The zero-order chi connectivity index (χ0) is 16.1. The number of imidazole rings is 1. The summed E-state index contributed by atoms with van der Waals surface area (Å²) in [7, 11) is 0. The minimum Gasteiger partial charge on any atom is -0.356 e. The molecule has 1 atom stereocenters. The molecule has 3 heterocycles. The van der Waals surface area contributed by atoms with Crippen LogP contribution in [-0.4, -0.2) is 27.6 Å². The van der Waals surface area contributed by atoms with Crippen LogP contribution in [0.3, 0.4) is 0 Å². The topological polar surface area (TPSA) is 57.7 Å². The van der Waals surface area contributed by atoms with Crippen molar-refractivity contribution in [2.24, 2.45) is 0 Å². The van der Waals surface area contributed by atoms with Gasteiger partial charge in [0.05, 0.1) is 11.6 Å². The summed E-state index contributed by atoms with van der Waals surface area (Å²) in [5.74, 6) is 2.53. The Bertz CT molecular complexity index is 685. The highest BCUT2D eigenvalue weighted by molar-refractivity contribution is 5.45.